The number of hydrogen-bond acceptors (Lipinski definition) is 5. The van der Waals surface area contributed by atoms with E-state index < -0.39 is 0 Å². The Morgan fingerprint density at radius 2 is 2.32 bits per heavy atom. The standard InChI is InChI=1S/C13H15N3O2S/c1-16(2)13-6-5-10(18-13)9-14-15-12(17)8-11-4-3-7-19-11/h3-7,9H,8H2,1-2H3,(H,15,17). The second kappa shape index (κ2) is 6.19. The van der Waals surface area contributed by atoms with Gasteiger partial charge in [-0.05, 0) is 17.5 Å². The lowest BCUT2D eigenvalue weighted by Crippen LogP contribution is -2.19. The highest BCUT2D eigenvalue weighted by Crippen LogP contribution is 2.14. The average molecular weight is 277 g/mol. The third-order valence-corrected chi connectivity index (χ3v) is 3.23. The number of anilines is 1. The largest absolute Gasteiger partial charge is 0.440 e. The highest BCUT2D eigenvalue weighted by molar-refractivity contribution is 7.10. The average Bonchev–Trinajstić information content (AvgIpc) is 3.00. The molecule has 0 aliphatic rings. The molecule has 0 aliphatic heterocycles. The maximum atomic E-state index is 11.6. The quantitative estimate of drug-likeness (QED) is 0.672. The molecule has 0 saturated heterocycles. The number of nitrogens with one attached hydrogen (secondary N) is 1. The molecule has 0 bridgehead atoms. The van der Waals surface area contributed by atoms with Gasteiger partial charge in [0.15, 0.2) is 5.88 Å². The van der Waals surface area contributed by atoms with Crippen molar-refractivity contribution in [2.45, 2.75) is 6.42 Å². The zero-order valence-corrected chi connectivity index (χ0v) is 11.6. The van der Waals surface area contributed by atoms with Crippen LogP contribution >= 0.6 is 11.3 Å². The van der Waals surface area contributed by atoms with Gasteiger partial charge in [-0.2, -0.15) is 5.10 Å². The van der Waals surface area contributed by atoms with Crippen LogP contribution in [0.5, 0.6) is 0 Å². The van der Waals surface area contributed by atoms with E-state index >= 15 is 0 Å². The third-order valence-electron chi connectivity index (χ3n) is 2.35. The molecule has 0 spiro atoms. The van der Waals surface area contributed by atoms with Gasteiger partial charge < -0.3 is 9.32 Å². The summed E-state index contributed by atoms with van der Waals surface area (Å²) in [6.45, 7) is 0. The Labute approximate surface area is 115 Å². The molecule has 2 rings (SSSR count). The van der Waals surface area contributed by atoms with Crippen molar-refractivity contribution in [1.82, 2.24) is 5.43 Å². The molecule has 2 heterocycles. The summed E-state index contributed by atoms with van der Waals surface area (Å²) in [5.41, 5.74) is 2.47. The number of furan rings is 1. The maximum Gasteiger partial charge on any atom is 0.245 e. The monoisotopic (exact) mass is 277 g/mol. The van der Waals surface area contributed by atoms with Crippen LogP contribution < -0.4 is 10.3 Å². The van der Waals surface area contributed by atoms with Crippen molar-refractivity contribution < 1.29 is 9.21 Å². The van der Waals surface area contributed by atoms with Crippen LogP contribution in [0.4, 0.5) is 5.88 Å². The van der Waals surface area contributed by atoms with Crippen molar-refractivity contribution in [2.75, 3.05) is 19.0 Å². The van der Waals surface area contributed by atoms with Crippen molar-refractivity contribution in [3.63, 3.8) is 0 Å². The number of hydrogen-bond donors (Lipinski definition) is 1. The summed E-state index contributed by atoms with van der Waals surface area (Å²) in [5.74, 6) is 1.20. The maximum absolute atomic E-state index is 11.6. The van der Waals surface area contributed by atoms with Crippen LogP contribution in [-0.2, 0) is 11.2 Å². The van der Waals surface area contributed by atoms with Crippen molar-refractivity contribution in [3.05, 3.63) is 40.3 Å². The Morgan fingerprint density at radius 1 is 1.47 bits per heavy atom. The van der Waals surface area contributed by atoms with E-state index in [1.54, 1.807) is 17.4 Å². The summed E-state index contributed by atoms with van der Waals surface area (Å²) in [6.07, 6.45) is 1.83. The number of carbonyl (C=O) groups is 1. The van der Waals surface area contributed by atoms with Gasteiger partial charge >= 0.3 is 0 Å². The zero-order valence-electron chi connectivity index (χ0n) is 10.8. The van der Waals surface area contributed by atoms with E-state index in [-0.39, 0.29) is 5.91 Å². The Balaban J connectivity index is 1.83. The molecular weight excluding hydrogens is 262 g/mol. The Kier molecular flexibility index (Phi) is 4.35. The van der Waals surface area contributed by atoms with Crippen LogP contribution in [0.15, 0.2) is 39.2 Å². The van der Waals surface area contributed by atoms with E-state index in [4.69, 9.17) is 4.42 Å². The first kappa shape index (κ1) is 13.4. The molecule has 5 nitrogen and oxygen atoms in total. The van der Waals surface area contributed by atoms with Crippen LogP contribution in [0, 0.1) is 0 Å². The smallest absolute Gasteiger partial charge is 0.245 e. The van der Waals surface area contributed by atoms with Crippen LogP contribution in [0.25, 0.3) is 0 Å². The summed E-state index contributed by atoms with van der Waals surface area (Å²) in [6, 6.07) is 7.48. The molecule has 19 heavy (non-hydrogen) atoms. The second-order valence-corrected chi connectivity index (χ2v) is 5.15. The topological polar surface area (TPSA) is 57.8 Å². The van der Waals surface area contributed by atoms with Crippen LogP contribution in [0.3, 0.4) is 0 Å². The molecule has 0 atom stereocenters. The van der Waals surface area contributed by atoms with E-state index in [0.29, 0.717) is 12.2 Å². The fourth-order valence-corrected chi connectivity index (χ4v) is 2.13. The number of hydrazone groups is 1. The molecule has 1 N–H and O–H groups in total. The Hall–Kier alpha value is -2.08. The highest BCUT2D eigenvalue weighted by atomic mass is 32.1. The summed E-state index contributed by atoms with van der Waals surface area (Å²) < 4.78 is 5.46. The summed E-state index contributed by atoms with van der Waals surface area (Å²) in [7, 11) is 3.78. The molecule has 0 aromatic carbocycles. The zero-order chi connectivity index (χ0) is 13.7. The van der Waals surface area contributed by atoms with Gasteiger partial charge in [0, 0.05) is 25.0 Å². The minimum Gasteiger partial charge on any atom is -0.440 e. The molecule has 2 aromatic rings. The number of amides is 1. The highest BCUT2D eigenvalue weighted by Gasteiger charge is 2.03. The van der Waals surface area contributed by atoms with Crippen molar-refractivity contribution in [2.24, 2.45) is 5.10 Å². The van der Waals surface area contributed by atoms with E-state index in [9.17, 15) is 4.79 Å². The minimum absolute atomic E-state index is 0.141. The van der Waals surface area contributed by atoms with Crippen LogP contribution in [-0.4, -0.2) is 26.2 Å². The van der Waals surface area contributed by atoms with Gasteiger partial charge in [0.1, 0.15) is 5.76 Å². The van der Waals surface area contributed by atoms with Crippen LogP contribution in [0.1, 0.15) is 10.6 Å². The molecule has 0 saturated carbocycles. The molecule has 1 amide bonds. The fraction of sp³-hybridized carbons (Fsp3) is 0.231. The second-order valence-electron chi connectivity index (χ2n) is 4.12. The SMILES string of the molecule is CN(C)c1ccc(C=NNC(=O)Cc2cccs2)o1. The molecule has 0 unspecified atom stereocenters. The van der Waals surface area contributed by atoms with Gasteiger partial charge in [-0.15, -0.1) is 11.3 Å². The van der Waals surface area contributed by atoms with E-state index in [2.05, 4.69) is 10.5 Å². The van der Waals surface area contributed by atoms with Gasteiger partial charge in [0.25, 0.3) is 0 Å². The Bertz CT molecular complexity index is 558. The van der Waals surface area contributed by atoms with Crippen molar-refractivity contribution in [3.8, 4) is 0 Å². The third kappa shape index (κ3) is 3.96. The molecule has 100 valence electrons. The lowest BCUT2D eigenvalue weighted by atomic mass is 10.3. The summed E-state index contributed by atoms with van der Waals surface area (Å²) in [5, 5.41) is 5.80. The van der Waals surface area contributed by atoms with E-state index in [0.717, 1.165) is 10.8 Å². The van der Waals surface area contributed by atoms with E-state index in [1.807, 2.05) is 42.6 Å². The van der Waals surface area contributed by atoms with Gasteiger partial charge in [-0.1, -0.05) is 6.07 Å². The lowest BCUT2D eigenvalue weighted by molar-refractivity contribution is -0.120. The van der Waals surface area contributed by atoms with Gasteiger partial charge in [0.05, 0.1) is 12.6 Å². The van der Waals surface area contributed by atoms with Crippen molar-refractivity contribution >= 4 is 29.3 Å². The predicted molar refractivity (Wildman–Crippen MR) is 76.8 cm³/mol. The molecular formula is C13H15N3O2S. The first-order valence-corrected chi connectivity index (χ1v) is 6.64. The number of rotatable bonds is 5. The molecule has 2 aromatic heterocycles. The number of carbonyl (C=O) groups excluding carboxylic acids is 1. The van der Waals surface area contributed by atoms with Crippen molar-refractivity contribution in [1.29, 1.82) is 0 Å². The van der Waals surface area contributed by atoms with Gasteiger partial charge in [-0.3, -0.25) is 4.79 Å². The van der Waals surface area contributed by atoms with Gasteiger partial charge in [-0.25, -0.2) is 5.43 Å². The predicted octanol–water partition coefficient (Wildman–Crippen LogP) is 2.10. The van der Waals surface area contributed by atoms with E-state index in [1.165, 1.54) is 6.21 Å². The minimum atomic E-state index is -0.141. The number of thiophene rings is 1. The first-order chi connectivity index (χ1) is 9.15. The molecule has 0 radical (unpaired) electrons. The normalized spacial score (nSPS) is 10.8. The van der Waals surface area contributed by atoms with Crippen LogP contribution in [0.2, 0.25) is 0 Å². The molecule has 0 fully saturated rings. The Morgan fingerprint density at radius 3 is 2.95 bits per heavy atom. The molecule has 6 heteroatoms. The molecule has 0 aliphatic carbocycles. The summed E-state index contributed by atoms with van der Waals surface area (Å²) in [4.78, 5) is 14.4. The fourth-order valence-electron chi connectivity index (χ4n) is 1.43. The first-order valence-electron chi connectivity index (χ1n) is 5.76. The lowest BCUT2D eigenvalue weighted by Gasteiger charge is -2.05. The summed E-state index contributed by atoms with van der Waals surface area (Å²) >= 11 is 1.55. The van der Waals surface area contributed by atoms with Gasteiger partial charge in [0.2, 0.25) is 5.91 Å². The number of nitrogens with zero attached hydrogens (tertiary/aromatic N) is 2.